The van der Waals surface area contributed by atoms with Crippen LogP contribution < -0.4 is 10.2 Å². The largest absolute Gasteiger partial charge is 0.433 e. The number of benzene rings is 1. The number of hydrogen-bond acceptors (Lipinski definition) is 5. The van der Waals surface area contributed by atoms with Gasteiger partial charge in [-0.25, -0.2) is 9.97 Å². The van der Waals surface area contributed by atoms with Gasteiger partial charge in [-0.05, 0) is 13.0 Å². The number of nitrogens with one attached hydrogen (secondary N) is 2. The van der Waals surface area contributed by atoms with Gasteiger partial charge in [0.05, 0.1) is 37.2 Å². The molecule has 1 fully saturated rings. The Morgan fingerprint density at radius 2 is 1.93 bits per heavy atom. The van der Waals surface area contributed by atoms with E-state index in [0.29, 0.717) is 25.3 Å². The number of halogens is 3. The van der Waals surface area contributed by atoms with Gasteiger partial charge in [0, 0.05) is 5.56 Å². The second-order valence-electron chi connectivity index (χ2n) is 6.95. The summed E-state index contributed by atoms with van der Waals surface area (Å²) in [5.41, 5.74) is -0.302. The van der Waals surface area contributed by atoms with Crippen LogP contribution in [0.3, 0.4) is 0 Å². The Morgan fingerprint density at radius 1 is 1.23 bits per heavy atom. The van der Waals surface area contributed by atoms with Crippen LogP contribution in [0.4, 0.5) is 13.2 Å². The number of nitrogens with zero attached hydrogens (tertiary/aromatic N) is 2. The Balaban J connectivity index is 1.66. The first-order valence-electron chi connectivity index (χ1n) is 9.70. The van der Waals surface area contributed by atoms with E-state index in [2.05, 4.69) is 15.3 Å². The molecule has 2 heterocycles. The van der Waals surface area contributed by atoms with E-state index in [1.807, 2.05) is 0 Å². The first-order valence-corrected chi connectivity index (χ1v) is 10.6. The Kier molecular flexibility index (Phi) is 7.68. The molecule has 2 aromatic rings. The standard InChI is InChI=1S/C20H23F3N4O2S/c1-14(18(28)24-7-8-27-9-11-29-12-10-27)30-19-25-16(15-5-3-2-4-6-15)13-17(26-19)20(21,22)23/h2-6,13-14H,7-12H2,1H3,(H,24,28)/p+1/t14-/m1/s1. The summed E-state index contributed by atoms with van der Waals surface area (Å²) in [7, 11) is 0. The van der Waals surface area contributed by atoms with Crippen molar-refractivity contribution in [3.05, 3.63) is 42.1 Å². The number of amides is 1. The fraction of sp³-hybridized carbons (Fsp3) is 0.450. The van der Waals surface area contributed by atoms with Crippen LogP contribution in [0, 0.1) is 0 Å². The minimum Gasteiger partial charge on any atom is -0.370 e. The van der Waals surface area contributed by atoms with Crippen molar-refractivity contribution in [1.29, 1.82) is 0 Å². The van der Waals surface area contributed by atoms with E-state index in [1.54, 1.807) is 37.3 Å². The van der Waals surface area contributed by atoms with E-state index < -0.39 is 17.1 Å². The normalized spacial score (nSPS) is 16.3. The highest BCUT2D eigenvalue weighted by Gasteiger charge is 2.34. The molecule has 0 saturated carbocycles. The molecule has 6 nitrogen and oxygen atoms in total. The monoisotopic (exact) mass is 441 g/mol. The van der Waals surface area contributed by atoms with E-state index in [9.17, 15) is 18.0 Å². The van der Waals surface area contributed by atoms with E-state index in [1.165, 1.54) is 4.90 Å². The van der Waals surface area contributed by atoms with Crippen LogP contribution in [0.15, 0.2) is 41.6 Å². The predicted molar refractivity (Wildman–Crippen MR) is 107 cm³/mol. The number of carbonyl (C=O) groups excluding carboxylic acids is 1. The lowest BCUT2D eigenvalue weighted by molar-refractivity contribution is -0.906. The average Bonchev–Trinajstić information content (AvgIpc) is 2.74. The first kappa shape index (κ1) is 22.5. The highest BCUT2D eigenvalue weighted by Crippen LogP contribution is 2.32. The molecule has 1 aliphatic rings. The number of hydrogen-bond donors (Lipinski definition) is 2. The van der Waals surface area contributed by atoms with Crippen molar-refractivity contribution in [3.8, 4) is 11.3 Å². The van der Waals surface area contributed by atoms with E-state index in [-0.39, 0.29) is 16.8 Å². The zero-order valence-corrected chi connectivity index (χ0v) is 17.4. The predicted octanol–water partition coefficient (Wildman–Crippen LogP) is 1.67. The summed E-state index contributed by atoms with van der Waals surface area (Å²) >= 11 is 0.916. The van der Waals surface area contributed by atoms with Crippen LogP contribution >= 0.6 is 11.8 Å². The van der Waals surface area contributed by atoms with Gasteiger partial charge in [0.1, 0.15) is 18.8 Å². The highest BCUT2D eigenvalue weighted by atomic mass is 32.2. The lowest BCUT2D eigenvalue weighted by atomic mass is 10.1. The Bertz CT molecular complexity index is 846. The number of alkyl halides is 3. The van der Waals surface area contributed by atoms with Gasteiger partial charge in [-0.2, -0.15) is 13.2 Å². The second kappa shape index (κ2) is 10.2. The maximum absolute atomic E-state index is 13.3. The maximum Gasteiger partial charge on any atom is 0.433 e. The summed E-state index contributed by atoms with van der Waals surface area (Å²) in [6, 6.07) is 9.52. The molecule has 1 saturated heterocycles. The fourth-order valence-electron chi connectivity index (χ4n) is 3.01. The molecule has 10 heteroatoms. The Hall–Kier alpha value is -2.17. The molecule has 1 atom stereocenters. The molecule has 1 aliphatic heterocycles. The van der Waals surface area contributed by atoms with Gasteiger partial charge in [0.25, 0.3) is 0 Å². The Morgan fingerprint density at radius 3 is 2.60 bits per heavy atom. The molecule has 30 heavy (non-hydrogen) atoms. The van der Waals surface area contributed by atoms with Crippen LogP contribution in [0.1, 0.15) is 12.6 Å². The molecule has 162 valence electrons. The molecule has 0 aliphatic carbocycles. The molecule has 0 radical (unpaired) electrons. The van der Waals surface area contributed by atoms with Gasteiger partial charge >= 0.3 is 6.18 Å². The molecule has 1 aromatic carbocycles. The lowest BCUT2D eigenvalue weighted by Gasteiger charge is -2.24. The summed E-state index contributed by atoms with van der Waals surface area (Å²) in [5, 5.41) is 2.14. The van der Waals surface area contributed by atoms with Crippen molar-refractivity contribution in [3.63, 3.8) is 0 Å². The lowest BCUT2D eigenvalue weighted by Crippen LogP contribution is -3.14. The number of quaternary nitrogens is 1. The van der Waals surface area contributed by atoms with Gasteiger partial charge in [0.2, 0.25) is 5.91 Å². The smallest absolute Gasteiger partial charge is 0.370 e. The summed E-state index contributed by atoms with van der Waals surface area (Å²) in [4.78, 5) is 21.6. The molecule has 3 rings (SSSR count). The summed E-state index contributed by atoms with van der Waals surface area (Å²) < 4.78 is 45.2. The third kappa shape index (κ3) is 6.41. The van der Waals surface area contributed by atoms with Gasteiger partial charge in [-0.3, -0.25) is 4.79 Å². The maximum atomic E-state index is 13.3. The minimum atomic E-state index is -4.60. The van der Waals surface area contributed by atoms with E-state index in [4.69, 9.17) is 4.74 Å². The average molecular weight is 441 g/mol. The van der Waals surface area contributed by atoms with Crippen molar-refractivity contribution in [2.24, 2.45) is 0 Å². The van der Waals surface area contributed by atoms with Crippen molar-refractivity contribution < 1.29 is 27.6 Å². The molecule has 1 amide bonds. The van der Waals surface area contributed by atoms with Crippen LogP contribution in [0.25, 0.3) is 11.3 Å². The zero-order chi connectivity index (χ0) is 21.6. The van der Waals surface area contributed by atoms with Crippen molar-refractivity contribution >= 4 is 17.7 Å². The fourth-order valence-corrected chi connectivity index (χ4v) is 3.82. The topological polar surface area (TPSA) is 68.5 Å². The van der Waals surface area contributed by atoms with Gasteiger partial charge in [-0.1, -0.05) is 42.1 Å². The summed E-state index contributed by atoms with van der Waals surface area (Å²) in [6.07, 6.45) is -4.60. The zero-order valence-electron chi connectivity index (χ0n) is 16.5. The molecule has 1 aromatic heterocycles. The van der Waals surface area contributed by atoms with Crippen molar-refractivity contribution in [2.75, 3.05) is 39.4 Å². The molecular formula is C20H24F3N4O2S+. The number of ether oxygens (including phenoxy) is 1. The van der Waals surface area contributed by atoms with Gasteiger partial charge < -0.3 is 15.0 Å². The summed E-state index contributed by atoms with van der Waals surface area (Å²) in [6.45, 7) is 6.15. The molecule has 0 unspecified atom stereocenters. The number of rotatable bonds is 7. The van der Waals surface area contributed by atoms with Crippen molar-refractivity contribution in [1.82, 2.24) is 15.3 Å². The van der Waals surface area contributed by atoms with Crippen LogP contribution in [-0.4, -0.2) is 60.5 Å². The minimum absolute atomic E-state index is 0.0786. The first-order chi connectivity index (χ1) is 14.3. The van der Waals surface area contributed by atoms with E-state index >= 15 is 0 Å². The third-order valence-corrected chi connectivity index (χ3v) is 5.66. The molecule has 2 N–H and O–H groups in total. The van der Waals surface area contributed by atoms with Gasteiger partial charge in [0.15, 0.2) is 5.16 Å². The number of morpholine rings is 1. The van der Waals surface area contributed by atoms with Crippen LogP contribution in [0.5, 0.6) is 0 Å². The molecule has 0 spiro atoms. The molecule has 0 bridgehead atoms. The highest BCUT2D eigenvalue weighted by molar-refractivity contribution is 8.00. The van der Waals surface area contributed by atoms with Crippen LogP contribution in [0.2, 0.25) is 0 Å². The van der Waals surface area contributed by atoms with Crippen LogP contribution in [-0.2, 0) is 15.7 Å². The van der Waals surface area contributed by atoms with Crippen molar-refractivity contribution in [2.45, 2.75) is 23.5 Å². The Labute approximate surface area is 177 Å². The SMILES string of the molecule is C[C@@H](Sc1nc(-c2ccccc2)cc(C(F)(F)F)n1)C(=O)NCC[NH+]1CCOCC1. The quantitative estimate of drug-likeness (QED) is 0.506. The van der Waals surface area contributed by atoms with Gasteiger partial charge in [-0.15, -0.1) is 0 Å². The van der Waals surface area contributed by atoms with E-state index in [0.717, 1.165) is 37.5 Å². The number of carbonyl (C=O) groups is 1. The summed E-state index contributed by atoms with van der Waals surface area (Å²) in [5.74, 6) is -0.255. The third-order valence-electron chi connectivity index (χ3n) is 4.69. The number of thioether (sulfide) groups is 1. The second-order valence-corrected chi connectivity index (χ2v) is 8.26. The number of aromatic nitrogens is 2. The molecular weight excluding hydrogens is 417 g/mol.